The molecule has 0 aliphatic rings. The van der Waals surface area contributed by atoms with E-state index < -0.39 is 0 Å². The summed E-state index contributed by atoms with van der Waals surface area (Å²) in [4.78, 5) is 15.0. The van der Waals surface area contributed by atoms with Gasteiger partial charge in [0.05, 0.1) is 6.04 Å². The van der Waals surface area contributed by atoms with Crippen molar-refractivity contribution in [1.82, 2.24) is 4.90 Å². The number of benzene rings is 3. The average molecular weight is 344 g/mol. The van der Waals surface area contributed by atoms with Gasteiger partial charge in [-0.15, -0.1) is 0 Å². The molecule has 3 rings (SSSR count). The third-order valence-electron chi connectivity index (χ3n) is 4.59. The van der Waals surface area contributed by atoms with Crippen LogP contribution in [0, 0.1) is 6.92 Å². The summed E-state index contributed by atoms with van der Waals surface area (Å²) < 4.78 is 0. The van der Waals surface area contributed by atoms with Crippen LogP contribution in [0.15, 0.2) is 84.9 Å². The molecule has 0 saturated carbocycles. The number of urea groups is 1. The van der Waals surface area contributed by atoms with Gasteiger partial charge in [-0.1, -0.05) is 78.9 Å². The molecule has 1 atom stereocenters. The van der Waals surface area contributed by atoms with Gasteiger partial charge >= 0.3 is 6.03 Å². The lowest BCUT2D eigenvalue weighted by molar-refractivity contribution is 0.189. The average Bonchev–Trinajstić information content (AvgIpc) is 2.69. The molecular weight excluding hydrogens is 320 g/mol. The fourth-order valence-corrected chi connectivity index (χ4v) is 2.98. The molecule has 132 valence electrons. The van der Waals surface area contributed by atoms with E-state index in [0.29, 0.717) is 6.54 Å². The number of hydrogen-bond donors (Lipinski definition) is 1. The SMILES string of the molecule is Cc1ccccc1NC(=O)N(Cc1ccccc1)[C@H](C)c1ccccc1. The van der Waals surface area contributed by atoms with Gasteiger partial charge in [0.15, 0.2) is 0 Å². The molecule has 26 heavy (non-hydrogen) atoms. The zero-order valence-corrected chi connectivity index (χ0v) is 15.2. The van der Waals surface area contributed by atoms with E-state index >= 15 is 0 Å². The Morgan fingerprint density at radius 3 is 2.12 bits per heavy atom. The first-order valence-corrected chi connectivity index (χ1v) is 8.87. The highest BCUT2D eigenvalue weighted by molar-refractivity contribution is 5.90. The van der Waals surface area contributed by atoms with Crippen molar-refractivity contribution in [3.05, 3.63) is 102 Å². The third kappa shape index (κ3) is 4.31. The number of rotatable bonds is 5. The first-order chi connectivity index (χ1) is 12.6. The van der Waals surface area contributed by atoms with Gasteiger partial charge in [0.2, 0.25) is 0 Å². The second kappa shape index (κ2) is 8.34. The number of hydrogen-bond acceptors (Lipinski definition) is 1. The van der Waals surface area contributed by atoms with E-state index in [0.717, 1.165) is 22.4 Å². The molecule has 2 amide bonds. The van der Waals surface area contributed by atoms with Gasteiger partial charge < -0.3 is 10.2 Å². The first kappa shape index (κ1) is 17.7. The summed E-state index contributed by atoms with van der Waals surface area (Å²) in [6.45, 7) is 4.61. The van der Waals surface area contributed by atoms with Crippen LogP contribution < -0.4 is 5.32 Å². The van der Waals surface area contributed by atoms with Crippen molar-refractivity contribution < 1.29 is 4.79 Å². The molecule has 0 saturated heterocycles. The Labute approximate surface area is 155 Å². The highest BCUT2D eigenvalue weighted by Gasteiger charge is 2.22. The number of aryl methyl sites for hydroxylation is 1. The topological polar surface area (TPSA) is 32.3 Å². The fraction of sp³-hybridized carbons (Fsp3) is 0.174. The number of nitrogens with zero attached hydrogens (tertiary/aromatic N) is 1. The monoisotopic (exact) mass is 344 g/mol. The van der Waals surface area contributed by atoms with Gasteiger partial charge in [0.25, 0.3) is 0 Å². The molecule has 0 radical (unpaired) electrons. The lowest BCUT2D eigenvalue weighted by Crippen LogP contribution is -2.36. The van der Waals surface area contributed by atoms with Crippen LogP contribution in [0.5, 0.6) is 0 Å². The van der Waals surface area contributed by atoms with E-state index in [2.05, 4.69) is 24.4 Å². The summed E-state index contributed by atoms with van der Waals surface area (Å²) in [5, 5.41) is 3.07. The standard InChI is InChI=1S/C23H24N2O/c1-18-11-9-10-16-22(18)24-23(26)25(17-20-12-5-3-6-13-20)19(2)21-14-7-4-8-15-21/h3-16,19H,17H2,1-2H3,(H,24,26)/t19-/m1/s1. The zero-order chi connectivity index (χ0) is 18.4. The summed E-state index contributed by atoms with van der Waals surface area (Å²) in [5.41, 5.74) is 4.11. The van der Waals surface area contributed by atoms with E-state index in [9.17, 15) is 4.79 Å². The van der Waals surface area contributed by atoms with Gasteiger partial charge in [-0.3, -0.25) is 0 Å². The largest absolute Gasteiger partial charge is 0.322 e. The Balaban J connectivity index is 1.86. The Bertz CT molecular complexity index is 846. The van der Waals surface area contributed by atoms with E-state index in [1.807, 2.05) is 84.6 Å². The van der Waals surface area contributed by atoms with Crippen molar-refractivity contribution in [3.8, 4) is 0 Å². The molecule has 0 aliphatic carbocycles. The fourth-order valence-electron chi connectivity index (χ4n) is 2.98. The molecular formula is C23H24N2O. The minimum Gasteiger partial charge on any atom is -0.313 e. The number of nitrogens with one attached hydrogen (secondary N) is 1. The molecule has 0 unspecified atom stereocenters. The summed E-state index contributed by atoms with van der Waals surface area (Å²) >= 11 is 0. The predicted molar refractivity (Wildman–Crippen MR) is 107 cm³/mol. The van der Waals surface area contributed by atoms with E-state index in [1.165, 1.54) is 0 Å². The summed E-state index contributed by atoms with van der Waals surface area (Å²) in [7, 11) is 0. The molecule has 0 aromatic heterocycles. The molecule has 0 fully saturated rings. The van der Waals surface area contributed by atoms with Crippen LogP contribution in [0.25, 0.3) is 0 Å². The van der Waals surface area contributed by atoms with Gasteiger partial charge in [0, 0.05) is 12.2 Å². The Hall–Kier alpha value is -3.07. The second-order valence-electron chi connectivity index (χ2n) is 6.45. The number of para-hydroxylation sites is 1. The van der Waals surface area contributed by atoms with Gasteiger partial charge in [-0.25, -0.2) is 4.79 Å². The highest BCUT2D eigenvalue weighted by atomic mass is 16.2. The molecule has 0 heterocycles. The molecule has 1 N–H and O–H groups in total. The highest BCUT2D eigenvalue weighted by Crippen LogP contribution is 2.24. The lowest BCUT2D eigenvalue weighted by Gasteiger charge is -2.30. The first-order valence-electron chi connectivity index (χ1n) is 8.87. The maximum atomic E-state index is 13.1. The third-order valence-corrected chi connectivity index (χ3v) is 4.59. The Morgan fingerprint density at radius 1 is 0.885 bits per heavy atom. The van der Waals surface area contributed by atoms with Crippen molar-refractivity contribution >= 4 is 11.7 Å². The second-order valence-corrected chi connectivity index (χ2v) is 6.45. The molecule has 3 heteroatoms. The number of carbonyl (C=O) groups is 1. The Kier molecular flexibility index (Phi) is 5.69. The summed E-state index contributed by atoms with van der Waals surface area (Å²) in [5.74, 6) is 0. The molecule has 3 aromatic rings. The van der Waals surface area contributed by atoms with Crippen LogP contribution in [0.2, 0.25) is 0 Å². The van der Waals surface area contributed by atoms with Gasteiger partial charge in [-0.05, 0) is 36.6 Å². The maximum Gasteiger partial charge on any atom is 0.322 e. The minimum absolute atomic E-state index is 0.0413. The van der Waals surface area contributed by atoms with Crippen LogP contribution in [0.3, 0.4) is 0 Å². The van der Waals surface area contributed by atoms with E-state index in [4.69, 9.17) is 0 Å². The number of anilines is 1. The maximum absolute atomic E-state index is 13.1. The van der Waals surface area contributed by atoms with E-state index in [-0.39, 0.29) is 12.1 Å². The Morgan fingerprint density at radius 2 is 1.46 bits per heavy atom. The number of carbonyl (C=O) groups excluding carboxylic acids is 1. The minimum atomic E-state index is -0.0977. The van der Waals surface area contributed by atoms with Crippen molar-refractivity contribution in [2.75, 3.05) is 5.32 Å². The molecule has 0 aliphatic heterocycles. The van der Waals surface area contributed by atoms with Crippen LogP contribution in [-0.4, -0.2) is 10.9 Å². The normalized spacial score (nSPS) is 11.6. The van der Waals surface area contributed by atoms with Crippen LogP contribution in [0.4, 0.5) is 10.5 Å². The molecule has 3 aromatic carbocycles. The van der Waals surface area contributed by atoms with Crippen LogP contribution >= 0.6 is 0 Å². The van der Waals surface area contributed by atoms with Crippen molar-refractivity contribution in [1.29, 1.82) is 0 Å². The van der Waals surface area contributed by atoms with Crippen molar-refractivity contribution in [2.24, 2.45) is 0 Å². The smallest absolute Gasteiger partial charge is 0.313 e. The van der Waals surface area contributed by atoms with Crippen LogP contribution in [-0.2, 0) is 6.54 Å². The molecule has 3 nitrogen and oxygen atoms in total. The van der Waals surface area contributed by atoms with Crippen LogP contribution in [0.1, 0.15) is 29.7 Å². The van der Waals surface area contributed by atoms with Gasteiger partial charge in [0.1, 0.15) is 0 Å². The molecule has 0 bridgehead atoms. The summed E-state index contributed by atoms with van der Waals surface area (Å²) in [6.07, 6.45) is 0. The molecule has 0 spiro atoms. The van der Waals surface area contributed by atoms with E-state index in [1.54, 1.807) is 0 Å². The van der Waals surface area contributed by atoms with Crippen molar-refractivity contribution in [3.63, 3.8) is 0 Å². The predicted octanol–water partition coefficient (Wildman–Crippen LogP) is 5.79. The zero-order valence-electron chi connectivity index (χ0n) is 15.2. The van der Waals surface area contributed by atoms with Gasteiger partial charge in [-0.2, -0.15) is 0 Å². The quantitative estimate of drug-likeness (QED) is 0.624. The summed E-state index contributed by atoms with van der Waals surface area (Å²) in [6, 6.07) is 27.9. The number of amides is 2. The lowest BCUT2D eigenvalue weighted by atomic mass is 10.1. The van der Waals surface area contributed by atoms with Crippen molar-refractivity contribution in [2.45, 2.75) is 26.4 Å².